The topological polar surface area (TPSA) is 9.23 Å². The van der Waals surface area contributed by atoms with Crippen molar-refractivity contribution in [2.45, 2.75) is 77.0 Å². The molecule has 0 spiro atoms. The van der Waals surface area contributed by atoms with Crippen LogP contribution < -0.4 is 4.74 Å². The molecule has 26 heavy (non-hydrogen) atoms. The number of halogens is 1. The van der Waals surface area contributed by atoms with Crippen molar-refractivity contribution in [1.82, 2.24) is 0 Å². The molecule has 0 N–H and O–H groups in total. The molecule has 1 aromatic carbocycles. The van der Waals surface area contributed by atoms with E-state index in [0.29, 0.717) is 6.33 Å². The highest BCUT2D eigenvalue weighted by molar-refractivity contribution is 5.29. The molecule has 0 saturated heterocycles. The molecule has 0 aromatic heterocycles. The summed E-state index contributed by atoms with van der Waals surface area (Å²) in [6.45, 7) is 2.77. The maximum atomic E-state index is 12.1. The summed E-state index contributed by atoms with van der Waals surface area (Å²) in [6.07, 6.45) is 15.5. The van der Waals surface area contributed by atoms with Gasteiger partial charge in [-0.15, -0.1) is 0 Å². The van der Waals surface area contributed by atoms with E-state index in [1.54, 1.807) is 6.08 Å². The van der Waals surface area contributed by atoms with E-state index < -0.39 is 0 Å². The molecule has 0 radical (unpaired) electrons. The van der Waals surface area contributed by atoms with Gasteiger partial charge in [-0.05, 0) is 99.7 Å². The highest BCUT2D eigenvalue weighted by atomic mass is 19.1. The van der Waals surface area contributed by atoms with Crippen LogP contribution in [0.2, 0.25) is 0 Å². The molecule has 2 saturated carbocycles. The van der Waals surface area contributed by atoms with Crippen molar-refractivity contribution < 1.29 is 9.13 Å². The van der Waals surface area contributed by atoms with Crippen LogP contribution >= 0.6 is 0 Å². The summed E-state index contributed by atoms with van der Waals surface area (Å²) in [5.41, 5.74) is 1.50. The lowest BCUT2D eigenvalue weighted by Gasteiger charge is -2.38. The Morgan fingerprint density at radius 1 is 0.923 bits per heavy atom. The molecule has 0 unspecified atom stereocenters. The maximum absolute atomic E-state index is 12.1. The van der Waals surface area contributed by atoms with Crippen molar-refractivity contribution in [3.63, 3.8) is 0 Å². The molecule has 3 rings (SSSR count). The van der Waals surface area contributed by atoms with Crippen molar-refractivity contribution in [2.75, 3.05) is 6.61 Å². The van der Waals surface area contributed by atoms with Crippen LogP contribution in [-0.4, -0.2) is 6.61 Å². The van der Waals surface area contributed by atoms with Crippen molar-refractivity contribution in [3.8, 4) is 5.75 Å². The number of allylic oxidation sites excluding steroid dienone is 1. The number of benzene rings is 1. The minimum absolute atomic E-state index is 0.703. The number of rotatable bonds is 7. The second-order valence-corrected chi connectivity index (χ2v) is 8.33. The minimum Gasteiger partial charge on any atom is -0.494 e. The predicted octanol–water partition coefficient (Wildman–Crippen LogP) is 7.43. The van der Waals surface area contributed by atoms with Gasteiger partial charge in [0.2, 0.25) is 0 Å². The van der Waals surface area contributed by atoms with Crippen LogP contribution in [0.15, 0.2) is 36.7 Å². The van der Waals surface area contributed by atoms with Gasteiger partial charge in [-0.2, -0.15) is 0 Å². The molecular formula is C24H35FO. The summed E-state index contributed by atoms with van der Waals surface area (Å²) >= 11 is 0. The minimum atomic E-state index is 0.703. The highest BCUT2D eigenvalue weighted by Gasteiger charge is 2.31. The second kappa shape index (κ2) is 10.1. The zero-order valence-electron chi connectivity index (χ0n) is 16.3. The average molecular weight is 359 g/mol. The Morgan fingerprint density at radius 3 is 2.12 bits per heavy atom. The largest absolute Gasteiger partial charge is 0.494 e. The lowest BCUT2D eigenvalue weighted by Crippen LogP contribution is -2.25. The normalized spacial score (nSPS) is 29.8. The van der Waals surface area contributed by atoms with E-state index >= 15 is 0 Å². The van der Waals surface area contributed by atoms with Crippen molar-refractivity contribution in [3.05, 3.63) is 42.2 Å². The molecule has 1 nitrogen and oxygen atoms in total. The van der Waals surface area contributed by atoms with E-state index in [1.807, 2.05) is 6.92 Å². The van der Waals surface area contributed by atoms with Crippen molar-refractivity contribution in [1.29, 1.82) is 0 Å². The Balaban J connectivity index is 1.41. The van der Waals surface area contributed by atoms with Crippen LogP contribution in [0.1, 0.15) is 82.6 Å². The molecular weight excluding hydrogens is 323 g/mol. The van der Waals surface area contributed by atoms with E-state index in [4.69, 9.17) is 4.74 Å². The number of hydrogen-bond acceptors (Lipinski definition) is 1. The molecule has 0 atom stereocenters. The van der Waals surface area contributed by atoms with Gasteiger partial charge in [0, 0.05) is 0 Å². The fourth-order valence-electron chi connectivity index (χ4n) is 5.27. The van der Waals surface area contributed by atoms with E-state index in [1.165, 1.54) is 63.4 Å². The van der Waals surface area contributed by atoms with Gasteiger partial charge in [-0.1, -0.05) is 31.1 Å². The highest BCUT2D eigenvalue weighted by Crippen LogP contribution is 2.44. The molecule has 2 fully saturated rings. The van der Waals surface area contributed by atoms with Gasteiger partial charge < -0.3 is 4.74 Å². The Labute approximate surface area is 159 Å². The maximum Gasteiger partial charge on any atom is 0.119 e. The first-order valence-electron chi connectivity index (χ1n) is 10.8. The fraction of sp³-hybridized carbons (Fsp3) is 0.667. The van der Waals surface area contributed by atoms with Crippen molar-refractivity contribution >= 4 is 0 Å². The van der Waals surface area contributed by atoms with Crippen molar-refractivity contribution in [2.24, 2.45) is 17.8 Å². The third kappa shape index (κ3) is 5.34. The quantitative estimate of drug-likeness (QED) is 0.492. The third-order valence-corrected chi connectivity index (χ3v) is 6.82. The smallest absolute Gasteiger partial charge is 0.119 e. The molecule has 2 heteroatoms. The van der Waals surface area contributed by atoms with Crippen LogP contribution in [0.4, 0.5) is 4.39 Å². The molecule has 0 aliphatic heterocycles. The summed E-state index contributed by atoms with van der Waals surface area (Å²) in [5, 5.41) is 0. The summed E-state index contributed by atoms with van der Waals surface area (Å²) in [6, 6.07) is 8.80. The lowest BCUT2D eigenvalue weighted by atomic mass is 9.68. The summed E-state index contributed by atoms with van der Waals surface area (Å²) in [7, 11) is 0. The summed E-state index contributed by atoms with van der Waals surface area (Å²) in [4.78, 5) is 0. The predicted molar refractivity (Wildman–Crippen MR) is 107 cm³/mol. The van der Waals surface area contributed by atoms with E-state index in [0.717, 1.165) is 42.4 Å². The standard InChI is InChI=1S/C24H35FO/c1-2-26-24-16-14-23(15-17-24)22-12-10-21(11-13-22)20-8-6-19(7-9-20)5-3-4-18-25/h4,14-22H,2-3,5-13H2,1H3/b18-4+. The van der Waals surface area contributed by atoms with Crippen LogP contribution in [0.3, 0.4) is 0 Å². The monoisotopic (exact) mass is 358 g/mol. The van der Waals surface area contributed by atoms with Crippen LogP contribution in [0.5, 0.6) is 5.75 Å². The lowest BCUT2D eigenvalue weighted by molar-refractivity contribution is 0.157. The number of ether oxygens (including phenoxy) is 1. The first-order valence-corrected chi connectivity index (χ1v) is 10.8. The molecule has 1 aromatic rings. The molecule has 0 heterocycles. The zero-order chi connectivity index (χ0) is 18.2. The van der Waals surface area contributed by atoms with E-state index in [9.17, 15) is 4.39 Å². The number of hydrogen-bond donors (Lipinski definition) is 0. The van der Waals surface area contributed by atoms with Gasteiger partial charge in [0.1, 0.15) is 5.75 Å². The summed E-state index contributed by atoms with van der Waals surface area (Å²) in [5.74, 6) is 4.46. The molecule has 2 aliphatic carbocycles. The molecule has 0 amide bonds. The first-order chi connectivity index (χ1) is 12.8. The van der Waals surface area contributed by atoms with Crippen LogP contribution in [0, 0.1) is 17.8 Å². The molecule has 144 valence electrons. The van der Waals surface area contributed by atoms with Gasteiger partial charge in [0.25, 0.3) is 0 Å². The van der Waals surface area contributed by atoms with Gasteiger partial charge in [-0.25, -0.2) is 4.39 Å². The molecule has 0 bridgehead atoms. The Kier molecular flexibility index (Phi) is 7.58. The van der Waals surface area contributed by atoms with Gasteiger partial charge in [-0.3, -0.25) is 0 Å². The zero-order valence-corrected chi connectivity index (χ0v) is 16.3. The average Bonchev–Trinajstić information content (AvgIpc) is 2.70. The molecule has 2 aliphatic rings. The van der Waals surface area contributed by atoms with E-state index in [2.05, 4.69) is 24.3 Å². The summed E-state index contributed by atoms with van der Waals surface area (Å²) < 4.78 is 17.6. The Bertz CT molecular complexity index is 534. The van der Waals surface area contributed by atoms with Gasteiger partial charge >= 0.3 is 0 Å². The third-order valence-electron chi connectivity index (χ3n) is 6.82. The first kappa shape index (κ1) is 19.5. The van der Waals surface area contributed by atoms with Crippen LogP contribution in [0.25, 0.3) is 0 Å². The van der Waals surface area contributed by atoms with Gasteiger partial charge in [0.15, 0.2) is 0 Å². The van der Waals surface area contributed by atoms with Gasteiger partial charge in [0.05, 0.1) is 12.9 Å². The SMILES string of the molecule is CCOc1ccc(C2CCC(C3CCC(CC/C=C/F)CC3)CC2)cc1. The van der Waals surface area contributed by atoms with E-state index in [-0.39, 0.29) is 0 Å². The van der Waals surface area contributed by atoms with Crippen LogP contribution in [-0.2, 0) is 0 Å². The Morgan fingerprint density at radius 2 is 1.54 bits per heavy atom. The fourth-order valence-corrected chi connectivity index (χ4v) is 5.27. The Hall–Kier alpha value is -1.31. The second-order valence-electron chi connectivity index (χ2n) is 8.33.